The standard InChI is InChI=1S/C25H26Cl2N6O/c1-15(23-19(26)9-30-10-20(23)27)34-17-4-5-21(28)18(7-17)24(29)16-3-6-22(31-8-16)33-13-25(14-33)11-32(2)12-25/h3-10,15,29H,11-14,28H2,1-2H3/t15-/m1/s1. The molecule has 9 heteroatoms. The first-order chi connectivity index (χ1) is 16.2. The van der Waals surface area contributed by atoms with Gasteiger partial charge in [0.25, 0.3) is 0 Å². The van der Waals surface area contributed by atoms with E-state index in [1.807, 2.05) is 19.1 Å². The average Bonchev–Trinajstić information content (AvgIpc) is 2.76. The van der Waals surface area contributed by atoms with Gasteiger partial charge in [-0.3, -0.25) is 10.4 Å². The van der Waals surface area contributed by atoms with E-state index in [1.54, 1.807) is 24.4 Å². The third-order valence-electron chi connectivity index (χ3n) is 6.53. The fraction of sp³-hybridized carbons (Fsp3) is 0.320. The molecule has 0 bridgehead atoms. The van der Waals surface area contributed by atoms with E-state index < -0.39 is 6.10 Å². The lowest BCUT2D eigenvalue weighted by molar-refractivity contribution is -0.00279. The van der Waals surface area contributed by atoms with E-state index in [4.69, 9.17) is 39.1 Å². The minimum atomic E-state index is -0.412. The summed E-state index contributed by atoms with van der Waals surface area (Å²) in [6.45, 7) is 6.25. The Bertz CT molecular complexity index is 1210. The Morgan fingerprint density at radius 1 is 1.09 bits per heavy atom. The van der Waals surface area contributed by atoms with Crippen molar-refractivity contribution in [2.24, 2.45) is 5.41 Å². The number of nitrogens with two attached hydrogens (primary N) is 1. The zero-order valence-electron chi connectivity index (χ0n) is 19.1. The fourth-order valence-corrected chi connectivity index (χ4v) is 5.67. The number of aromatic nitrogens is 2. The molecule has 1 spiro atoms. The molecule has 0 unspecified atom stereocenters. The van der Waals surface area contributed by atoms with Crippen LogP contribution in [0.2, 0.25) is 10.0 Å². The second kappa shape index (κ2) is 8.73. The van der Waals surface area contributed by atoms with Crippen LogP contribution in [0.15, 0.2) is 48.9 Å². The van der Waals surface area contributed by atoms with Gasteiger partial charge in [-0.2, -0.15) is 0 Å². The van der Waals surface area contributed by atoms with Crippen molar-refractivity contribution >= 4 is 40.4 Å². The molecule has 3 aromatic rings. The van der Waals surface area contributed by atoms with Gasteiger partial charge in [-0.25, -0.2) is 4.98 Å². The van der Waals surface area contributed by atoms with Crippen molar-refractivity contribution in [1.29, 1.82) is 5.41 Å². The molecule has 2 aromatic heterocycles. The van der Waals surface area contributed by atoms with Gasteiger partial charge in [-0.1, -0.05) is 23.2 Å². The van der Waals surface area contributed by atoms with E-state index in [-0.39, 0.29) is 5.71 Å². The minimum absolute atomic E-state index is 0.287. The summed E-state index contributed by atoms with van der Waals surface area (Å²) in [6, 6.07) is 9.17. The number of hydrogen-bond acceptors (Lipinski definition) is 7. The molecule has 0 aliphatic carbocycles. The maximum atomic E-state index is 8.74. The molecule has 0 radical (unpaired) electrons. The zero-order valence-corrected chi connectivity index (χ0v) is 20.6. The highest BCUT2D eigenvalue weighted by Crippen LogP contribution is 2.40. The number of benzene rings is 1. The summed E-state index contributed by atoms with van der Waals surface area (Å²) >= 11 is 12.5. The number of nitrogens with zero attached hydrogens (tertiary/aromatic N) is 4. The van der Waals surface area contributed by atoms with Gasteiger partial charge < -0.3 is 20.3 Å². The summed E-state index contributed by atoms with van der Waals surface area (Å²) in [4.78, 5) is 13.2. The van der Waals surface area contributed by atoms with E-state index in [0.29, 0.717) is 43.6 Å². The molecule has 34 heavy (non-hydrogen) atoms. The van der Waals surface area contributed by atoms with Crippen LogP contribution in [0.25, 0.3) is 0 Å². The van der Waals surface area contributed by atoms with Crippen molar-refractivity contribution < 1.29 is 4.74 Å². The van der Waals surface area contributed by atoms with Gasteiger partial charge in [0, 0.05) is 72.6 Å². The van der Waals surface area contributed by atoms with Crippen LogP contribution < -0.4 is 15.4 Å². The monoisotopic (exact) mass is 496 g/mol. The molecule has 2 aliphatic rings. The third kappa shape index (κ3) is 4.19. The Labute approximate surface area is 209 Å². The van der Waals surface area contributed by atoms with Gasteiger partial charge in [0.2, 0.25) is 0 Å². The molecule has 176 valence electrons. The Morgan fingerprint density at radius 3 is 2.41 bits per heavy atom. The molecule has 0 saturated carbocycles. The van der Waals surface area contributed by atoms with E-state index in [1.165, 1.54) is 12.4 Å². The molecule has 5 rings (SSSR count). The van der Waals surface area contributed by atoms with Crippen LogP contribution in [0.1, 0.15) is 29.7 Å². The van der Waals surface area contributed by atoms with Crippen molar-refractivity contribution in [3.05, 3.63) is 75.7 Å². The number of nitrogens with one attached hydrogen (secondary N) is 1. The quantitative estimate of drug-likeness (QED) is 0.380. The van der Waals surface area contributed by atoms with Crippen LogP contribution in [-0.2, 0) is 0 Å². The number of rotatable bonds is 6. The maximum absolute atomic E-state index is 8.74. The van der Waals surface area contributed by atoms with Crippen molar-refractivity contribution in [2.45, 2.75) is 13.0 Å². The van der Waals surface area contributed by atoms with Gasteiger partial charge in [-0.15, -0.1) is 0 Å². The molecule has 3 N–H and O–H groups in total. The average molecular weight is 497 g/mol. The number of ether oxygens (including phenoxy) is 1. The van der Waals surface area contributed by atoms with Gasteiger partial charge in [0.15, 0.2) is 0 Å². The second-order valence-electron chi connectivity index (χ2n) is 9.33. The summed E-state index contributed by atoms with van der Waals surface area (Å²) in [6.07, 6.45) is 4.40. The summed E-state index contributed by atoms with van der Waals surface area (Å²) in [5, 5.41) is 9.61. The number of halogens is 2. The summed E-state index contributed by atoms with van der Waals surface area (Å²) < 4.78 is 6.09. The summed E-state index contributed by atoms with van der Waals surface area (Å²) in [5.41, 5.74) is 9.36. The molecule has 1 aromatic carbocycles. The van der Waals surface area contributed by atoms with Crippen molar-refractivity contribution in [2.75, 3.05) is 43.9 Å². The normalized spacial score (nSPS) is 17.7. The largest absolute Gasteiger partial charge is 0.486 e. The van der Waals surface area contributed by atoms with Gasteiger partial charge in [0.05, 0.1) is 15.8 Å². The Morgan fingerprint density at radius 2 is 1.79 bits per heavy atom. The number of pyridine rings is 2. The molecular formula is C25H26Cl2N6O. The Kier molecular flexibility index (Phi) is 5.88. The van der Waals surface area contributed by atoms with Crippen LogP contribution in [0.3, 0.4) is 0 Å². The lowest BCUT2D eigenvalue weighted by Gasteiger charge is -2.59. The van der Waals surface area contributed by atoms with Crippen LogP contribution in [0, 0.1) is 10.8 Å². The van der Waals surface area contributed by atoms with Crippen LogP contribution in [0.5, 0.6) is 5.75 Å². The first-order valence-electron chi connectivity index (χ1n) is 11.1. The van der Waals surface area contributed by atoms with Crippen LogP contribution >= 0.6 is 23.2 Å². The second-order valence-corrected chi connectivity index (χ2v) is 10.1. The highest BCUT2D eigenvalue weighted by Gasteiger charge is 2.50. The summed E-state index contributed by atoms with van der Waals surface area (Å²) in [7, 11) is 2.16. The molecule has 2 fully saturated rings. The molecule has 1 atom stereocenters. The third-order valence-corrected chi connectivity index (χ3v) is 7.13. The highest BCUT2D eigenvalue weighted by atomic mass is 35.5. The lowest BCUT2D eigenvalue weighted by Crippen LogP contribution is -2.71. The van der Waals surface area contributed by atoms with E-state index in [9.17, 15) is 0 Å². The lowest BCUT2D eigenvalue weighted by atomic mass is 9.73. The van der Waals surface area contributed by atoms with Crippen LogP contribution in [0.4, 0.5) is 11.5 Å². The first kappa shape index (κ1) is 22.9. The number of hydrogen-bond donors (Lipinski definition) is 2. The topological polar surface area (TPSA) is 91.4 Å². The number of likely N-dealkylation sites (tertiary alicyclic amines) is 1. The number of nitrogen functional groups attached to an aromatic ring is 1. The van der Waals surface area contributed by atoms with Crippen LogP contribution in [-0.4, -0.2) is 53.8 Å². The van der Waals surface area contributed by atoms with Gasteiger partial charge in [0.1, 0.15) is 17.7 Å². The predicted molar refractivity (Wildman–Crippen MR) is 136 cm³/mol. The molecular weight excluding hydrogens is 471 g/mol. The molecule has 2 saturated heterocycles. The van der Waals surface area contributed by atoms with E-state index >= 15 is 0 Å². The minimum Gasteiger partial charge on any atom is -0.486 e. The van der Waals surface area contributed by atoms with E-state index in [2.05, 4.69) is 26.8 Å². The Hall–Kier alpha value is -2.87. The molecule has 4 heterocycles. The fourth-order valence-electron chi connectivity index (χ4n) is 5.00. The van der Waals surface area contributed by atoms with Gasteiger partial charge in [-0.05, 0) is 44.3 Å². The zero-order chi connectivity index (χ0) is 24.0. The summed E-state index contributed by atoms with van der Waals surface area (Å²) in [5.74, 6) is 1.51. The predicted octanol–water partition coefficient (Wildman–Crippen LogP) is 4.67. The Balaban J connectivity index is 1.30. The van der Waals surface area contributed by atoms with Crippen molar-refractivity contribution in [1.82, 2.24) is 14.9 Å². The maximum Gasteiger partial charge on any atom is 0.128 e. The van der Waals surface area contributed by atoms with E-state index in [0.717, 1.165) is 32.0 Å². The highest BCUT2D eigenvalue weighted by molar-refractivity contribution is 6.35. The molecule has 7 nitrogen and oxygen atoms in total. The SMILES string of the molecule is C[C@@H](Oc1ccc(N)c(C(=N)c2ccc(N3CC4(CN(C)C4)C3)nc2)c1)c1c(Cl)cncc1Cl. The smallest absolute Gasteiger partial charge is 0.128 e. The molecule has 2 aliphatic heterocycles. The first-order valence-corrected chi connectivity index (χ1v) is 11.8. The van der Waals surface area contributed by atoms with Gasteiger partial charge >= 0.3 is 0 Å². The number of anilines is 2. The van der Waals surface area contributed by atoms with Crippen molar-refractivity contribution in [3.8, 4) is 5.75 Å². The molecule has 0 amide bonds. The van der Waals surface area contributed by atoms with Crippen molar-refractivity contribution in [3.63, 3.8) is 0 Å².